The third kappa shape index (κ3) is 1.53. The Morgan fingerprint density at radius 1 is 1.18 bits per heavy atom. The van der Waals surface area contributed by atoms with Crippen molar-refractivity contribution in [1.29, 1.82) is 0 Å². The molecule has 0 aliphatic heterocycles. The summed E-state index contributed by atoms with van der Waals surface area (Å²) < 4.78 is 12.7. The Morgan fingerprint density at radius 2 is 1.73 bits per heavy atom. The lowest BCUT2D eigenvalue weighted by Crippen LogP contribution is -1.80. The van der Waals surface area contributed by atoms with E-state index in [2.05, 4.69) is 0 Å². The van der Waals surface area contributed by atoms with Gasteiger partial charge in [0.25, 0.3) is 0 Å². The predicted octanol–water partition coefficient (Wildman–Crippen LogP) is 3.49. The molecule has 0 saturated heterocycles. The SMILES string of the molecule is Oc1cc(Cl)c(F)c(Cl)c1Cl. The van der Waals surface area contributed by atoms with Crippen LogP contribution in [0.15, 0.2) is 6.07 Å². The molecule has 0 heterocycles. The fraction of sp³-hybridized carbons (Fsp3) is 0. The zero-order chi connectivity index (χ0) is 8.59. The van der Waals surface area contributed by atoms with Crippen molar-refractivity contribution in [3.8, 4) is 5.75 Å². The van der Waals surface area contributed by atoms with Crippen molar-refractivity contribution in [2.24, 2.45) is 0 Å². The number of rotatable bonds is 0. The molecular formula is C6H2Cl3FO. The van der Waals surface area contributed by atoms with E-state index in [9.17, 15) is 4.39 Å². The monoisotopic (exact) mass is 214 g/mol. The van der Waals surface area contributed by atoms with Gasteiger partial charge < -0.3 is 5.11 Å². The van der Waals surface area contributed by atoms with Crippen LogP contribution in [0.5, 0.6) is 5.75 Å². The summed E-state index contributed by atoms with van der Waals surface area (Å²) in [7, 11) is 0. The van der Waals surface area contributed by atoms with Crippen LogP contribution >= 0.6 is 34.8 Å². The summed E-state index contributed by atoms with van der Waals surface area (Å²) >= 11 is 16.0. The molecule has 1 N–H and O–H groups in total. The molecule has 0 unspecified atom stereocenters. The molecule has 0 aliphatic rings. The van der Waals surface area contributed by atoms with Crippen LogP contribution in [-0.2, 0) is 0 Å². The molecule has 0 aliphatic carbocycles. The van der Waals surface area contributed by atoms with E-state index >= 15 is 0 Å². The highest BCUT2D eigenvalue weighted by molar-refractivity contribution is 6.44. The van der Waals surface area contributed by atoms with E-state index in [0.29, 0.717) is 0 Å². The highest BCUT2D eigenvalue weighted by Gasteiger charge is 2.13. The lowest BCUT2D eigenvalue weighted by molar-refractivity contribution is 0.473. The minimum absolute atomic E-state index is 0.228. The summed E-state index contributed by atoms with van der Waals surface area (Å²) in [5, 5.41) is 8.09. The van der Waals surface area contributed by atoms with Gasteiger partial charge in [-0.05, 0) is 0 Å². The van der Waals surface area contributed by atoms with Gasteiger partial charge in [0.2, 0.25) is 0 Å². The first-order chi connectivity index (χ1) is 5.04. The maximum Gasteiger partial charge on any atom is 0.162 e. The maximum atomic E-state index is 12.7. The van der Waals surface area contributed by atoms with Crippen LogP contribution in [0.1, 0.15) is 0 Å². The number of phenolic OH excluding ortho intramolecular Hbond substituents is 1. The smallest absolute Gasteiger partial charge is 0.162 e. The second-order valence-corrected chi connectivity index (χ2v) is 2.98. The van der Waals surface area contributed by atoms with Crippen molar-refractivity contribution >= 4 is 34.8 Å². The average molecular weight is 215 g/mol. The van der Waals surface area contributed by atoms with E-state index in [1.165, 1.54) is 0 Å². The van der Waals surface area contributed by atoms with Gasteiger partial charge in [0, 0.05) is 6.07 Å². The van der Waals surface area contributed by atoms with Crippen LogP contribution < -0.4 is 0 Å². The summed E-state index contributed by atoms with van der Waals surface area (Å²) in [5.74, 6) is -1.15. The Hall–Kier alpha value is -0.180. The van der Waals surface area contributed by atoms with Gasteiger partial charge in [0.15, 0.2) is 5.82 Å². The van der Waals surface area contributed by atoms with Crippen molar-refractivity contribution in [2.45, 2.75) is 0 Å². The molecule has 1 aromatic carbocycles. The van der Waals surface area contributed by atoms with Crippen LogP contribution in [0.2, 0.25) is 15.1 Å². The van der Waals surface area contributed by atoms with Crippen molar-refractivity contribution in [1.82, 2.24) is 0 Å². The van der Waals surface area contributed by atoms with Gasteiger partial charge in [-0.15, -0.1) is 0 Å². The van der Waals surface area contributed by atoms with Crippen molar-refractivity contribution in [3.63, 3.8) is 0 Å². The largest absolute Gasteiger partial charge is 0.506 e. The molecule has 0 amide bonds. The van der Waals surface area contributed by atoms with Crippen molar-refractivity contribution in [3.05, 3.63) is 27.0 Å². The zero-order valence-corrected chi connectivity index (χ0v) is 7.30. The number of aromatic hydroxyl groups is 1. The minimum atomic E-state index is -0.823. The first-order valence-electron chi connectivity index (χ1n) is 2.56. The van der Waals surface area contributed by atoms with E-state index < -0.39 is 5.82 Å². The predicted molar refractivity (Wildman–Crippen MR) is 43.1 cm³/mol. The fourth-order valence-electron chi connectivity index (χ4n) is 0.560. The third-order valence-corrected chi connectivity index (χ3v) is 2.19. The number of benzene rings is 1. The first-order valence-corrected chi connectivity index (χ1v) is 3.69. The minimum Gasteiger partial charge on any atom is -0.506 e. The standard InChI is InChI=1S/C6H2Cl3FO/c7-2-1-3(11)4(8)5(9)6(2)10/h1,11H. The molecule has 0 bridgehead atoms. The summed E-state index contributed by atoms with van der Waals surface area (Å²) in [4.78, 5) is 0. The Labute approximate surface area is 77.3 Å². The molecule has 0 saturated carbocycles. The van der Waals surface area contributed by atoms with Gasteiger partial charge in [-0.2, -0.15) is 0 Å². The second kappa shape index (κ2) is 3.05. The molecule has 60 valence electrons. The molecule has 1 rings (SSSR count). The van der Waals surface area contributed by atoms with Crippen molar-refractivity contribution < 1.29 is 9.50 Å². The molecule has 0 fully saturated rings. The fourth-order valence-corrected chi connectivity index (χ4v) is 1.14. The van der Waals surface area contributed by atoms with E-state index in [4.69, 9.17) is 39.9 Å². The van der Waals surface area contributed by atoms with Crippen LogP contribution in [0.3, 0.4) is 0 Å². The van der Waals surface area contributed by atoms with Gasteiger partial charge in [0.1, 0.15) is 15.8 Å². The van der Waals surface area contributed by atoms with E-state index in [1.807, 2.05) is 0 Å². The lowest BCUT2D eigenvalue weighted by atomic mass is 10.3. The van der Waals surface area contributed by atoms with Gasteiger partial charge >= 0.3 is 0 Å². The quantitative estimate of drug-likeness (QED) is 0.519. The van der Waals surface area contributed by atoms with Crippen LogP contribution in [0, 0.1) is 5.82 Å². The number of halogens is 4. The number of phenols is 1. The molecule has 0 radical (unpaired) electrons. The summed E-state index contributed by atoms with van der Waals surface area (Å²) in [5.41, 5.74) is 0. The summed E-state index contributed by atoms with van der Waals surface area (Å²) in [6, 6.07) is 0.991. The Kier molecular flexibility index (Phi) is 2.47. The summed E-state index contributed by atoms with van der Waals surface area (Å²) in [6.07, 6.45) is 0. The zero-order valence-electron chi connectivity index (χ0n) is 5.04. The normalized spacial score (nSPS) is 10.2. The number of hydrogen-bond acceptors (Lipinski definition) is 1. The first kappa shape index (κ1) is 8.91. The Bertz CT molecular complexity index is 274. The number of hydrogen-bond donors (Lipinski definition) is 1. The van der Waals surface area contributed by atoms with E-state index in [0.717, 1.165) is 6.07 Å². The molecule has 1 nitrogen and oxygen atoms in total. The summed E-state index contributed by atoms with van der Waals surface area (Å²) in [6.45, 7) is 0. The molecule has 11 heavy (non-hydrogen) atoms. The maximum absolute atomic E-state index is 12.7. The molecule has 0 atom stereocenters. The van der Waals surface area contributed by atoms with E-state index in [-0.39, 0.29) is 20.8 Å². The van der Waals surface area contributed by atoms with Gasteiger partial charge in [-0.3, -0.25) is 0 Å². The average Bonchev–Trinajstić information content (AvgIpc) is 1.97. The Morgan fingerprint density at radius 3 is 2.27 bits per heavy atom. The second-order valence-electron chi connectivity index (χ2n) is 1.82. The molecule has 1 aromatic rings. The van der Waals surface area contributed by atoms with Crippen LogP contribution in [0.4, 0.5) is 4.39 Å². The topological polar surface area (TPSA) is 20.2 Å². The van der Waals surface area contributed by atoms with Crippen LogP contribution in [0.25, 0.3) is 0 Å². The Balaban J connectivity index is 3.46. The highest BCUT2D eigenvalue weighted by Crippen LogP contribution is 2.36. The third-order valence-electron chi connectivity index (χ3n) is 1.08. The molecular weight excluding hydrogens is 213 g/mol. The van der Waals surface area contributed by atoms with Gasteiger partial charge in [-0.25, -0.2) is 4.39 Å². The van der Waals surface area contributed by atoms with Crippen LogP contribution in [-0.4, -0.2) is 5.11 Å². The highest BCUT2D eigenvalue weighted by atomic mass is 35.5. The molecule has 0 aromatic heterocycles. The van der Waals surface area contributed by atoms with Gasteiger partial charge in [-0.1, -0.05) is 34.8 Å². The lowest BCUT2D eigenvalue weighted by Gasteiger charge is -2.01. The van der Waals surface area contributed by atoms with Crippen molar-refractivity contribution in [2.75, 3.05) is 0 Å². The molecule has 5 heteroatoms. The van der Waals surface area contributed by atoms with Gasteiger partial charge in [0.05, 0.1) is 5.02 Å². The van der Waals surface area contributed by atoms with E-state index in [1.54, 1.807) is 0 Å². The molecule has 0 spiro atoms.